The molecule has 0 aliphatic heterocycles. The van der Waals surface area contributed by atoms with Gasteiger partial charge in [0, 0.05) is 13.0 Å². The van der Waals surface area contributed by atoms with Crippen molar-refractivity contribution < 1.29 is 14.1 Å². The lowest BCUT2D eigenvalue weighted by molar-refractivity contribution is -0.870. The maximum absolute atomic E-state index is 11.7. The third-order valence-electron chi connectivity index (χ3n) is 3.81. The number of rotatable bonds is 13. The number of ketones is 1. The van der Waals surface area contributed by atoms with Crippen molar-refractivity contribution in [3.63, 3.8) is 0 Å². The standard InChI is InChI=1S/C17H35N3O2/c1-15(21)16(18-2)11-8-9-13-19-17(22)12-7-6-10-14-20(3,4)5/h16,18H,6-14H2,1-5H3/p+1/t16-/m1/s1. The van der Waals surface area contributed by atoms with Gasteiger partial charge in [-0.1, -0.05) is 0 Å². The first kappa shape index (κ1) is 21.1. The highest BCUT2D eigenvalue weighted by molar-refractivity contribution is 5.81. The Morgan fingerprint density at radius 3 is 2.23 bits per heavy atom. The van der Waals surface area contributed by atoms with Crippen molar-refractivity contribution in [3.05, 3.63) is 0 Å². The van der Waals surface area contributed by atoms with Crippen molar-refractivity contribution in [2.45, 2.75) is 57.9 Å². The van der Waals surface area contributed by atoms with Crippen molar-refractivity contribution >= 4 is 11.7 Å². The third-order valence-corrected chi connectivity index (χ3v) is 3.81. The Bertz CT molecular complexity index is 324. The maximum Gasteiger partial charge on any atom is 0.219 e. The van der Waals surface area contributed by atoms with Crippen LogP contribution in [0.25, 0.3) is 0 Å². The molecule has 0 aliphatic carbocycles. The molecule has 0 heterocycles. The molecule has 0 rings (SSSR count). The number of quaternary nitrogens is 1. The van der Waals surface area contributed by atoms with E-state index in [0.29, 0.717) is 13.0 Å². The molecule has 0 aromatic rings. The minimum absolute atomic E-state index is 0.0445. The molecule has 0 aromatic heterocycles. The van der Waals surface area contributed by atoms with Crippen molar-refractivity contribution in [2.24, 2.45) is 0 Å². The smallest absolute Gasteiger partial charge is 0.219 e. The van der Waals surface area contributed by atoms with Gasteiger partial charge in [0.15, 0.2) is 0 Å². The molecule has 5 heteroatoms. The highest BCUT2D eigenvalue weighted by atomic mass is 16.1. The Labute approximate surface area is 136 Å². The Hall–Kier alpha value is -0.940. The quantitative estimate of drug-likeness (QED) is 0.402. The Morgan fingerprint density at radius 2 is 1.68 bits per heavy atom. The molecule has 0 radical (unpaired) electrons. The number of likely N-dealkylation sites (N-methyl/N-ethyl adjacent to an activating group) is 1. The molecule has 0 aromatic carbocycles. The van der Waals surface area contributed by atoms with E-state index < -0.39 is 0 Å². The van der Waals surface area contributed by atoms with Crippen LogP contribution in [0.1, 0.15) is 51.9 Å². The highest BCUT2D eigenvalue weighted by Crippen LogP contribution is 2.04. The minimum atomic E-state index is -0.0445. The molecule has 5 nitrogen and oxygen atoms in total. The van der Waals surface area contributed by atoms with Gasteiger partial charge < -0.3 is 15.1 Å². The zero-order chi connectivity index (χ0) is 17.0. The number of hydrogen-bond donors (Lipinski definition) is 2. The Morgan fingerprint density at radius 1 is 1.00 bits per heavy atom. The van der Waals surface area contributed by atoms with E-state index in [-0.39, 0.29) is 17.7 Å². The van der Waals surface area contributed by atoms with Gasteiger partial charge in [-0.25, -0.2) is 0 Å². The monoisotopic (exact) mass is 314 g/mol. The van der Waals surface area contributed by atoms with Crippen LogP contribution < -0.4 is 10.6 Å². The van der Waals surface area contributed by atoms with Crippen LogP contribution in [0.2, 0.25) is 0 Å². The lowest BCUT2D eigenvalue weighted by atomic mass is 10.1. The van der Waals surface area contributed by atoms with Crippen molar-refractivity contribution in [1.82, 2.24) is 10.6 Å². The summed E-state index contributed by atoms with van der Waals surface area (Å²) in [5.74, 6) is 0.336. The molecule has 130 valence electrons. The summed E-state index contributed by atoms with van der Waals surface area (Å²) in [5.41, 5.74) is 0. The highest BCUT2D eigenvalue weighted by Gasteiger charge is 2.10. The lowest BCUT2D eigenvalue weighted by Gasteiger charge is -2.23. The van der Waals surface area contributed by atoms with Gasteiger partial charge in [-0.15, -0.1) is 0 Å². The molecule has 0 unspecified atom stereocenters. The fraction of sp³-hybridized carbons (Fsp3) is 0.882. The van der Waals surface area contributed by atoms with Gasteiger partial charge in [-0.05, 0) is 52.5 Å². The van der Waals surface area contributed by atoms with E-state index in [9.17, 15) is 9.59 Å². The third kappa shape index (κ3) is 12.8. The number of nitrogens with zero attached hydrogens (tertiary/aromatic N) is 1. The fourth-order valence-electron chi connectivity index (χ4n) is 2.39. The zero-order valence-electron chi connectivity index (χ0n) is 15.2. The molecule has 1 amide bonds. The normalized spacial score (nSPS) is 13.0. The summed E-state index contributed by atoms with van der Waals surface area (Å²) >= 11 is 0. The summed E-state index contributed by atoms with van der Waals surface area (Å²) in [6.07, 6.45) is 6.61. The van der Waals surface area contributed by atoms with Gasteiger partial charge in [0.05, 0.1) is 33.7 Å². The molecule has 0 saturated carbocycles. The summed E-state index contributed by atoms with van der Waals surface area (Å²) in [6, 6.07) is -0.0445. The fourth-order valence-corrected chi connectivity index (χ4v) is 2.39. The summed E-state index contributed by atoms with van der Waals surface area (Å²) < 4.78 is 0.986. The second-order valence-corrected chi connectivity index (χ2v) is 7.12. The molecular weight excluding hydrogens is 278 g/mol. The SMILES string of the molecule is CN[C@H](CCCCNC(=O)CCCCC[N+](C)(C)C)C(C)=O. The largest absolute Gasteiger partial charge is 0.356 e. The van der Waals surface area contributed by atoms with E-state index in [2.05, 4.69) is 31.8 Å². The van der Waals surface area contributed by atoms with Crippen LogP contribution in [-0.2, 0) is 9.59 Å². The lowest BCUT2D eigenvalue weighted by Crippen LogP contribution is -2.35. The summed E-state index contributed by atoms with van der Waals surface area (Å²) in [6.45, 7) is 3.48. The number of nitrogens with one attached hydrogen (secondary N) is 2. The number of Topliss-reactive ketones (excluding diaryl/α,β-unsaturated/α-hetero) is 1. The van der Waals surface area contributed by atoms with Crippen LogP contribution in [0.4, 0.5) is 0 Å². The first-order valence-electron chi connectivity index (χ1n) is 8.51. The first-order chi connectivity index (χ1) is 10.3. The molecule has 22 heavy (non-hydrogen) atoms. The summed E-state index contributed by atoms with van der Waals surface area (Å²) in [5, 5.41) is 5.98. The zero-order valence-corrected chi connectivity index (χ0v) is 15.2. The van der Waals surface area contributed by atoms with E-state index in [1.54, 1.807) is 6.92 Å². The first-order valence-corrected chi connectivity index (χ1v) is 8.51. The molecule has 1 atom stereocenters. The molecule has 0 aliphatic rings. The number of amides is 1. The van der Waals surface area contributed by atoms with Crippen molar-refractivity contribution in [3.8, 4) is 0 Å². The van der Waals surface area contributed by atoms with E-state index in [0.717, 1.165) is 43.1 Å². The molecule has 0 bridgehead atoms. The number of hydrogen-bond acceptors (Lipinski definition) is 3. The molecule has 0 spiro atoms. The van der Waals surface area contributed by atoms with Crippen molar-refractivity contribution in [2.75, 3.05) is 41.3 Å². The molecule has 2 N–H and O–H groups in total. The Balaban J connectivity index is 3.49. The van der Waals surface area contributed by atoms with Crippen LogP contribution in [0, 0.1) is 0 Å². The van der Waals surface area contributed by atoms with E-state index in [1.807, 2.05) is 7.05 Å². The van der Waals surface area contributed by atoms with Crippen LogP contribution in [-0.4, -0.2) is 63.5 Å². The maximum atomic E-state index is 11.7. The summed E-state index contributed by atoms with van der Waals surface area (Å²) in [7, 11) is 8.39. The average Bonchev–Trinajstić information content (AvgIpc) is 2.40. The molecular formula is C17H36N3O2+. The van der Waals surface area contributed by atoms with Gasteiger partial charge in [0.2, 0.25) is 5.91 Å². The molecule has 0 fully saturated rings. The van der Waals surface area contributed by atoms with Gasteiger partial charge in [0.25, 0.3) is 0 Å². The molecule has 0 saturated heterocycles. The second kappa shape index (κ2) is 11.6. The predicted molar refractivity (Wildman–Crippen MR) is 91.8 cm³/mol. The van der Waals surface area contributed by atoms with Crippen LogP contribution in [0.15, 0.2) is 0 Å². The van der Waals surface area contributed by atoms with Crippen LogP contribution >= 0.6 is 0 Å². The van der Waals surface area contributed by atoms with E-state index >= 15 is 0 Å². The number of carbonyl (C=O) groups is 2. The van der Waals surface area contributed by atoms with E-state index in [1.165, 1.54) is 6.42 Å². The van der Waals surface area contributed by atoms with Gasteiger partial charge in [-0.2, -0.15) is 0 Å². The number of carbonyl (C=O) groups excluding carboxylic acids is 2. The minimum Gasteiger partial charge on any atom is -0.356 e. The van der Waals surface area contributed by atoms with Gasteiger partial charge in [0.1, 0.15) is 5.78 Å². The second-order valence-electron chi connectivity index (χ2n) is 7.12. The van der Waals surface area contributed by atoms with Crippen LogP contribution in [0.5, 0.6) is 0 Å². The topological polar surface area (TPSA) is 58.2 Å². The van der Waals surface area contributed by atoms with Crippen LogP contribution in [0.3, 0.4) is 0 Å². The van der Waals surface area contributed by atoms with Gasteiger partial charge in [-0.3, -0.25) is 9.59 Å². The average molecular weight is 314 g/mol. The summed E-state index contributed by atoms with van der Waals surface area (Å²) in [4.78, 5) is 22.9. The predicted octanol–water partition coefficient (Wildman–Crippen LogP) is 1.72. The number of unbranched alkanes of at least 4 members (excludes halogenated alkanes) is 3. The van der Waals surface area contributed by atoms with Crippen molar-refractivity contribution in [1.29, 1.82) is 0 Å². The Kier molecular flexibility index (Phi) is 11.1. The van der Waals surface area contributed by atoms with Gasteiger partial charge >= 0.3 is 0 Å². The van der Waals surface area contributed by atoms with E-state index in [4.69, 9.17) is 0 Å².